The van der Waals surface area contributed by atoms with Crippen LogP contribution in [-0.4, -0.2) is 30.2 Å². The summed E-state index contributed by atoms with van der Waals surface area (Å²) < 4.78 is 5.07. The first kappa shape index (κ1) is 16.3. The number of phenolic OH excluding ortho intramolecular Hbond substituents is 1. The van der Waals surface area contributed by atoms with Gasteiger partial charge in [0.2, 0.25) is 5.91 Å². The molecule has 0 saturated heterocycles. The van der Waals surface area contributed by atoms with E-state index in [1.165, 1.54) is 7.11 Å². The Labute approximate surface area is 120 Å². The van der Waals surface area contributed by atoms with Gasteiger partial charge in [0.15, 0.2) is 11.5 Å². The molecule has 1 unspecified atom stereocenters. The fourth-order valence-electron chi connectivity index (χ4n) is 1.79. The van der Waals surface area contributed by atoms with Gasteiger partial charge in [-0.25, -0.2) is 0 Å². The molecule has 0 saturated carbocycles. The number of carbonyl (C=O) groups is 1. The number of nitrogens with one attached hydrogen (secondary N) is 2. The maximum atomic E-state index is 11.7. The van der Waals surface area contributed by atoms with E-state index in [4.69, 9.17) is 4.74 Å². The van der Waals surface area contributed by atoms with Gasteiger partial charge >= 0.3 is 0 Å². The molecule has 0 radical (unpaired) electrons. The van der Waals surface area contributed by atoms with Crippen LogP contribution in [0.15, 0.2) is 18.2 Å². The fraction of sp³-hybridized carbons (Fsp3) is 0.533. The molecule has 20 heavy (non-hydrogen) atoms. The van der Waals surface area contributed by atoms with Crippen LogP contribution in [0.2, 0.25) is 0 Å². The third kappa shape index (κ3) is 5.09. The Morgan fingerprint density at radius 3 is 2.60 bits per heavy atom. The molecular formula is C15H24N2O3. The van der Waals surface area contributed by atoms with E-state index in [-0.39, 0.29) is 29.8 Å². The van der Waals surface area contributed by atoms with Gasteiger partial charge in [0.25, 0.3) is 0 Å². The summed E-state index contributed by atoms with van der Waals surface area (Å²) in [5.41, 5.74) is 0.715. The van der Waals surface area contributed by atoms with Gasteiger partial charge in [-0.2, -0.15) is 0 Å². The number of carbonyl (C=O) groups excluding carboxylic acids is 1. The number of benzene rings is 1. The van der Waals surface area contributed by atoms with Crippen molar-refractivity contribution in [1.82, 2.24) is 10.6 Å². The third-order valence-corrected chi connectivity index (χ3v) is 2.79. The highest BCUT2D eigenvalue weighted by Gasteiger charge is 2.15. The molecule has 1 aromatic rings. The molecule has 1 aromatic carbocycles. The Balaban J connectivity index is 2.59. The number of ether oxygens (including phenoxy) is 1. The first-order chi connectivity index (χ1) is 9.23. The predicted molar refractivity (Wildman–Crippen MR) is 79.0 cm³/mol. The molecular weight excluding hydrogens is 256 g/mol. The van der Waals surface area contributed by atoms with E-state index >= 15 is 0 Å². The molecule has 0 aliphatic rings. The van der Waals surface area contributed by atoms with Crippen molar-refractivity contribution in [3.63, 3.8) is 0 Å². The van der Waals surface area contributed by atoms with Crippen molar-refractivity contribution in [1.29, 1.82) is 0 Å². The molecule has 0 heterocycles. The van der Waals surface area contributed by atoms with Crippen molar-refractivity contribution < 1.29 is 14.6 Å². The third-order valence-electron chi connectivity index (χ3n) is 2.79. The average molecular weight is 280 g/mol. The lowest BCUT2D eigenvalue weighted by atomic mass is 10.1. The number of aromatic hydroxyl groups is 1. The molecule has 112 valence electrons. The highest BCUT2D eigenvalue weighted by atomic mass is 16.5. The van der Waals surface area contributed by atoms with Gasteiger partial charge in [-0.15, -0.1) is 0 Å². The summed E-state index contributed by atoms with van der Waals surface area (Å²) in [4.78, 5) is 11.7. The van der Waals surface area contributed by atoms with Crippen LogP contribution in [-0.2, 0) is 4.79 Å². The van der Waals surface area contributed by atoms with Crippen molar-refractivity contribution in [2.45, 2.75) is 39.3 Å². The molecule has 0 fully saturated rings. The zero-order chi connectivity index (χ0) is 15.3. The summed E-state index contributed by atoms with van der Waals surface area (Å²) in [6, 6.07) is 5.13. The Bertz CT molecular complexity index is 467. The second kappa shape index (κ2) is 6.61. The number of phenols is 1. The van der Waals surface area contributed by atoms with Crippen LogP contribution in [0.1, 0.15) is 39.3 Å². The lowest BCUT2D eigenvalue weighted by Gasteiger charge is -2.22. The van der Waals surface area contributed by atoms with Crippen LogP contribution in [0.5, 0.6) is 11.5 Å². The summed E-state index contributed by atoms with van der Waals surface area (Å²) in [5.74, 6) is 0.485. The molecule has 0 aromatic heterocycles. The van der Waals surface area contributed by atoms with E-state index in [0.29, 0.717) is 5.75 Å². The second-order valence-corrected chi connectivity index (χ2v) is 5.83. The van der Waals surface area contributed by atoms with Crippen molar-refractivity contribution in [2.24, 2.45) is 0 Å². The Morgan fingerprint density at radius 2 is 2.05 bits per heavy atom. The lowest BCUT2D eigenvalue weighted by molar-refractivity contribution is -0.121. The molecule has 1 atom stereocenters. The maximum Gasteiger partial charge on any atom is 0.234 e. The molecule has 0 aliphatic heterocycles. The highest BCUT2D eigenvalue weighted by molar-refractivity contribution is 5.78. The zero-order valence-corrected chi connectivity index (χ0v) is 12.8. The molecule has 0 spiro atoms. The van der Waals surface area contributed by atoms with E-state index < -0.39 is 0 Å². The van der Waals surface area contributed by atoms with Crippen molar-refractivity contribution in [3.05, 3.63) is 23.8 Å². The molecule has 1 rings (SSSR count). The largest absolute Gasteiger partial charge is 0.504 e. The minimum absolute atomic E-state index is 0.0183. The summed E-state index contributed by atoms with van der Waals surface area (Å²) >= 11 is 0. The van der Waals surface area contributed by atoms with Gasteiger partial charge in [0.05, 0.1) is 13.7 Å². The zero-order valence-electron chi connectivity index (χ0n) is 12.8. The van der Waals surface area contributed by atoms with Crippen LogP contribution < -0.4 is 15.4 Å². The number of hydrogen-bond donors (Lipinski definition) is 3. The van der Waals surface area contributed by atoms with E-state index in [1.54, 1.807) is 18.2 Å². The monoisotopic (exact) mass is 280 g/mol. The number of methoxy groups -OCH3 is 1. The number of rotatable bonds is 5. The van der Waals surface area contributed by atoms with Crippen LogP contribution in [0.3, 0.4) is 0 Å². The quantitative estimate of drug-likeness (QED) is 0.771. The van der Waals surface area contributed by atoms with Crippen LogP contribution in [0.25, 0.3) is 0 Å². The molecule has 1 amide bonds. The Kier molecular flexibility index (Phi) is 5.39. The molecule has 5 heteroatoms. The van der Waals surface area contributed by atoms with E-state index in [0.717, 1.165) is 5.56 Å². The fourth-order valence-corrected chi connectivity index (χ4v) is 1.79. The topological polar surface area (TPSA) is 70.6 Å². The van der Waals surface area contributed by atoms with E-state index in [9.17, 15) is 9.90 Å². The number of hydrogen-bond acceptors (Lipinski definition) is 4. The Hall–Kier alpha value is -1.75. The van der Waals surface area contributed by atoms with Crippen molar-refractivity contribution >= 4 is 5.91 Å². The average Bonchev–Trinajstić information content (AvgIpc) is 2.34. The molecule has 0 aliphatic carbocycles. The van der Waals surface area contributed by atoms with E-state index in [2.05, 4.69) is 10.6 Å². The standard InChI is InChI=1S/C15H24N2O3/c1-10(16-9-14(19)17-15(2,3)4)11-6-7-12(18)13(8-11)20-5/h6-8,10,16,18H,9H2,1-5H3,(H,17,19). The minimum Gasteiger partial charge on any atom is -0.504 e. The van der Waals surface area contributed by atoms with Crippen LogP contribution >= 0.6 is 0 Å². The van der Waals surface area contributed by atoms with Gasteiger partial charge < -0.3 is 20.5 Å². The molecule has 5 nitrogen and oxygen atoms in total. The van der Waals surface area contributed by atoms with Gasteiger partial charge in [-0.3, -0.25) is 4.79 Å². The maximum absolute atomic E-state index is 11.7. The van der Waals surface area contributed by atoms with Gasteiger partial charge in [0.1, 0.15) is 0 Å². The second-order valence-electron chi connectivity index (χ2n) is 5.83. The Morgan fingerprint density at radius 1 is 1.40 bits per heavy atom. The summed E-state index contributed by atoms with van der Waals surface area (Å²) in [7, 11) is 1.51. The lowest BCUT2D eigenvalue weighted by Crippen LogP contribution is -2.45. The van der Waals surface area contributed by atoms with Gasteiger partial charge in [-0.1, -0.05) is 6.07 Å². The minimum atomic E-state index is -0.232. The van der Waals surface area contributed by atoms with Crippen molar-refractivity contribution in [3.8, 4) is 11.5 Å². The van der Waals surface area contributed by atoms with E-state index in [1.807, 2.05) is 27.7 Å². The van der Waals surface area contributed by atoms with Crippen LogP contribution in [0, 0.1) is 0 Å². The summed E-state index contributed by atoms with van der Waals surface area (Å²) in [6.45, 7) is 8.02. The smallest absolute Gasteiger partial charge is 0.234 e. The highest BCUT2D eigenvalue weighted by Crippen LogP contribution is 2.28. The summed E-state index contributed by atoms with van der Waals surface area (Å²) in [6.07, 6.45) is 0. The first-order valence-corrected chi connectivity index (χ1v) is 6.64. The SMILES string of the molecule is COc1cc(C(C)NCC(=O)NC(C)(C)C)ccc1O. The van der Waals surface area contributed by atoms with Crippen LogP contribution in [0.4, 0.5) is 0 Å². The van der Waals surface area contributed by atoms with Crippen molar-refractivity contribution in [2.75, 3.05) is 13.7 Å². The first-order valence-electron chi connectivity index (χ1n) is 6.64. The van der Waals surface area contributed by atoms with Gasteiger partial charge in [-0.05, 0) is 45.4 Å². The predicted octanol–water partition coefficient (Wildman–Crippen LogP) is 1.97. The molecule has 0 bridgehead atoms. The summed E-state index contributed by atoms with van der Waals surface area (Å²) in [5, 5.41) is 15.6. The molecule has 3 N–H and O–H groups in total. The number of amides is 1. The normalized spacial score (nSPS) is 12.8. The van der Waals surface area contributed by atoms with Gasteiger partial charge in [0, 0.05) is 11.6 Å².